The molecule has 2 amide bonds. The summed E-state index contributed by atoms with van der Waals surface area (Å²) in [4.78, 5) is 22.1. The van der Waals surface area contributed by atoms with Crippen LogP contribution in [0.1, 0.15) is 12.0 Å². The summed E-state index contributed by atoms with van der Waals surface area (Å²) in [5.74, 6) is -0.829. The molecule has 8 heteroatoms. The van der Waals surface area contributed by atoms with E-state index in [9.17, 15) is 9.59 Å². The maximum Gasteiger partial charge on any atom is 0.324 e. The summed E-state index contributed by atoms with van der Waals surface area (Å²) in [5.41, 5.74) is 1.53. The minimum absolute atomic E-state index is 0.0889. The van der Waals surface area contributed by atoms with Gasteiger partial charge in [0, 0.05) is 23.6 Å². The van der Waals surface area contributed by atoms with E-state index in [1.54, 1.807) is 24.3 Å². The molecule has 1 aromatic heterocycles. The number of hydrogen-bond donors (Lipinski definition) is 3. The SMILES string of the molecule is O=C(O)CCc1ccc(NC(=O)Nc2cnns2)cc1. The molecule has 20 heavy (non-hydrogen) atoms. The molecule has 7 nitrogen and oxygen atoms in total. The van der Waals surface area contributed by atoms with Crippen molar-refractivity contribution in [1.29, 1.82) is 0 Å². The predicted octanol–water partition coefficient (Wildman–Crippen LogP) is 2.20. The van der Waals surface area contributed by atoms with E-state index in [0.717, 1.165) is 17.1 Å². The maximum atomic E-state index is 11.6. The van der Waals surface area contributed by atoms with Gasteiger partial charge in [-0.05, 0) is 24.1 Å². The van der Waals surface area contributed by atoms with Gasteiger partial charge in [-0.25, -0.2) is 4.79 Å². The second-order valence-electron chi connectivity index (χ2n) is 3.95. The quantitative estimate of drug-likeness (QED) is 0.783. The number of rotatable bonds is 5. The number of anilines is 2. The van der Waals surface area contributed by atoms with Crippen LogP contribution in [0, 0.1) is 0 Å². The Balaban J connectivity index is 1.86. The van der Waals surface area contributed by atoms with Crippen molar-refractivity contribution in [3.63, 3.8) is 0 Å². The van der Waals surface area contributed by atoms with E-state index in [1.807, 2.05) is 0 Å². The zero-order chi connectivity index (χ0) is 14.4. The van der Waals surface area contributed by atoms with Crippen LogP contribution in [0.4, 0.5) is 15.5 Å². The number of nitrogens with zero attached hydrogens (tertiary/aromatic N) is 2. The fraction of sp³-hybridized carbons (Fsp3) is 0.167. The number of carboxylic acid groups (broad SMARTS) is 1. The molecule has 0 aliphatic heterocycles. The first-order valence-electron chi connectivity index (χ1n) is 5.79. The summed E-state index contributed by atoms with van der Waals surface area (Å²) >= 11 is 1.08. The molecule has 0 bridgehead atoms. The Morgan fingerprint density at radius 1 is 1.20 bits per heavy atom. The minimum atomic E-state index is -0.829. The number of hydrogen-bond acceptors (Lipinski definition) is 5. The van der Waals surface area contributed by atoms with Gasteiger partial charge < -0.3 is 10.4 Å². The summed E-state index contributed by atoms with van der Waals surface area (Å²) in [6, 6.07) is 6.64. The van der Waals surface area contributed by atoms with Crippen LogP contribution in [0.15, 0.2) is 30.5 Å². The van der Waals surface area contributed by atoms with Gasteiger partial charge in [0.15, 0.2) is 0 Å². The van der Waals surface area contributed by atoms with Crippen LogP contribution in [-0.2, 0) is 11.2 Å². The Bertz CT molecular complexity index is 583. The van der Waals surface area contributed by atoms with Gasteiger partial charge in [-0.3, -0.25) is 10.1 Å². The number of aryl methyl sites for hydroxylation is 1. The number of amides is 2. The van der Waals surface area contributed by atoms with Gasteiger partial charge >= 0.3 is 12.0 Å². The van der Waals surface area contributed by atoms with Crippen molar-refractivity contribution in [2.45, 2.75) is 12.8 Å². The largest absolute Gasteiger partial charge is 0.481 e. The molecule has 0 spiro atoms. The molecule has 0 radical (unpaired) electrons. The lowest BCUT2D eigenvalue weighted by molar-refractivity contribution is -0.136. The molecular formula is C12H12N4O3S. The lowest BCUT2D eigenvalue weighted by atomic mass is 10.1. The number of carboxylic acids is 1. The van der Waals surface area contributed by atoms with E-state index in [1.165, 1.54) is 6.20 Å². The highest BCUT2D eigenvalue weighted by molar-refractivity contribution is 7.10. The average molecular weight is 292 g/mol. The lowest BCUT2D eigenvalue weighted by Crippen LogP contribution is -2.18. The van der Waals surface area contributed by atoms with Gasteiger partial charge in [0.25, 0.3) is 0 Å². The monoisotopic (exact) mass is 292 g/mol. The number of benzene rings is 1. The summed E-state index contributed by atoms with van der Waals surface area (Å²) in [7, 11) is 0. The van der Waals surface area contributed by atoms with E-state index in [4.69, 9.17) is 5.11 Å². The smallest absolute Gasteiger partial charge is 0.324 e. The Morgan fingerprint density at radius 2 is 1.95 bits per heavy atom. The first-order valence-corrected chi connectivity index (χ1v) is 6.57. The number of carbonyl (C=O) groups is 2. The molecule has 1 heterocycles. The summed E-state index contributed by atoms with van der Waals surface area (Å²) in [6.07, 6.45) is 2.01. The van der Waals surface area contributed by atoms with Crippen LogP contribution in [0.5, 0.6) is 0 Å². The van der Waals surface area contributed by atoms with E-state index in [0.29, 0.717) is 17.1 Å². The molecule has 2 aromatic rings. The minimum Gasteiger partial charge on any atom is -0.481 e. The van der Waals surface area contributed by atoms with Crippen molar-refractivity contribution < 1.29 is 14.7 Å². The Labute approximate surface area is 118 Å². The van der Waals surface area contributed by atoms with Crippen LogP contribution in [-0.4, -0.2) is 26.7 Å². The third kappa shape index (κ3) is 4.32. The number of aliphatic carboxylic acids is 1. The number of aromatic nitrogens is 2. The fourth-order valence-electron chi connectivity index (χ4n) is 1.50. The summed E-state index contributed by atoms with van der Waals surface area (Å²) in [5, 5.41) is 18.0. The molecule has 0 aliphatic carbocycles. The van der Waals surface area contributed by atoms with Crippen LogP contribution < -0.4 is 10.6 Å². The highest BCUT2D eigenvalue weighted by atomic mass is 32.1. The Morgan fingerprint density at radius 3 is 2.55 bits per heavy atom. The van der Waals surface area contributed by atoms with Crippen molar-refractivity contribution in [2.24, 2.45) is 0 Å². The molecular weight excluding hydrogens is 280 g/mol. The van der Waals surface area contributed by atoms with Crippen molar-refractivity contribution in [3.05, 3.63) is 36.0 Å². The standard InChI is InChI=1S/C12H12N4O3S/c17-11(18)6-3-8-1-4-9(5-2-8)14-12(19)15-10-7-13-16-20-10/h1-2,4-5,7H,3,6H2,(H,17,18)(H2,14,15,19). The predicted molar refractivity (Wildman–Crippen MR) is 74.9 cm³/mol. The Hall–Kier alpha value is -2.48. The number of nitrogens with one attached hydrogen (secondary N) is 2. The lowest BCUT2D eigenvalue weighted by Gasteiger charge is -2.06. The number of urea groups is 1. The average Bonchev–Trinajstić information content (AvgIpc) is 2.90. The van der Waals surface area contributed by atoms with Crippen molar-refractivity contribution >= 4 is 34.2 Å². The Kier molecular flexibility index (Phi) is 4.61. The fourth-order valence-corrected chi connectivity index (χ4v) is 1.92. The molecule has 0 unspecified atom stereocenters. The molecule has 0 atom stereocenters. The molecule has 104 valence electrons. The van der Waals surface area contributed by atoms with Crippen LogP contribution in [0.2, 0.25) is 0 Å². The first kappa shape index (κ1) is 13.9. The van der Waals surface area contributed by atoms with Gasteiger partial charge in [0.05, 0.1) is 6.20 Å². The summed E-state index contributed by atoms with van der Waals surface area (Å²) in [6.45, 7) is 0. The zero-order valence-electron chi connectivity index (χ0n) is 10.4. The molecule has 0 fully saturated rings. The highest BCUT2D eigenvalue weighted by Crippen LogP contribution is 2.13. The van der Waals surface area contributed by atoms with Gasteiger partial charge in [-0.15, -0.1) is 5.10 Å². The normalized spacial score (nSPS) is 10.0. The zero-order valence-corrected chi connectivity index (χ0v) is 11.2. The topological polar surface area (TPSA) is 104 Å². The van der Waals surface area contributed by atoms with Gasteiger partial charge in [-0.2, -0.15) is 0 Å². The van der Waals surface area contributed by atoms with E-state index < -0.39 is 5.97 Å². The molecule has 0 aliphatic rings. The van der Waals surface area contributed by atoms with Crippen LogP contribution in [0.3, 0.4) is 0 Å². The first-order chi connectivity index (χ1) is 9.63. The third-order valence-electron chi connectivity index (χ3n) is 2.44. The molecule has 0 saturated carbocycles. The van der Waals surface area contributed by atoms with Crippen molar-refractivity contribution in [2.75, 3.05) is 10.6 Å². The van der Waals surface area contributed by atoms with Crippen LogP contribution in [0.25, 0.3) is 0 Å². The second kappa shape index (κ2) is 6.62. The third-order valence-corrected chi connectivity index (χ3v) is 3.02. The van der Waals surface area contributed by atoms with Gasteiger partial charge in [0.1, 0.15) is 5.00 Å². The van der Waals surface area contributed by atoms with E-state index >= 15 is 0 Å². The molecule has 0 saturated heterocycles. The maximum absolute atomic E-state index is 11.6. The molecule has 2 rings (SSSR count). The highest BCUT2D eigenvalue weighted by Gasteiger charge is 2.04. The van der Waals surface area contributed by atoms with Crippen molar-refractivity contribution in [1.82, 2.24) is 9.59 Å². The van der Waals surface area contributed by atoms with Gasteiger partial charge in [-0.1, -0.05) is 16.6 Å². The summed E-state index contributed by atoms with van der Waals surface area (Å²) < 4.78 is 3.63. The van der Waals surface area contributed by atoms with E-state index in [2.05, 4.69) is 20.2 Å². The number of carbonyl (C=O) groups excluding carboxylic acids is 1. The second-order valence-corrected chi connectivity index (χ2v) is 4.74. The van der Waals surface area contributed by atoms with E-state index in [-0.39, 0.29) is 12.5 Å². The van der Waals surface area contributed by atoms with Crippen molar-refractivity contribution in [3.8, 4) is 0 Å². The van der Waals surface area contributed by atoms with Gasteiger partial charge in [0.2, 0.25) is 0 Å². The van der Waals surface area contributed by atoms with Crippen LogP contribution >= 0.6 is 11.5 Å². The molecule has 3 N–H and O–H groups in total. The molecule has 1 aromatic carbocycles.